The number of hydrogen-bond donors (Lipinski definition) is 6. The second-order valence-corrected chi connectivity index (χ2v) is 10.4. The number of azo groups is 2. The van der Waals surface area contributed by atoms with Gasteiger partial charge < -0.3 is 30.9 Å². The zero-order valence-electron chi connectivity index (χ0n) is 22.2. The van der Waals surface area contributed by atoms with Crippen molar-refractivity contribution in [3.8, 4) is 11.5 Å². The van der Waals surface area contributed by atoms with Gasteiger partial charge in [-0.05, 0) is 60.3 Å². The van der Waals surface area contributed by atoms with Crippen LogP contribution in [-0.2, 0) is 10.1 Å². The van der Waals surface area contributed by atoms with Gasteiger partial charge in [-0.2, -0.15) is 18.6 Å². The molecule has 0 amide bonds. The standard InChI is InChI=1S/C27H23N5O10S/c1-13-6-21(31-32-24-23(43(39,40)41)10-14-2-3-17(28)11-19(14)25(24)34)22(42-5-4-33)12-20(13)30-29-18-8-15(26(35)36)7-16(9-18)27(37)38/h2-3,6-12,33-34H,4-5,28H2,1H3,(H,35,36)(H,37,38)(H,39,40,41). The smallest absolute Gasteiger partial charge is 0.335 e. The SMILES string of the molecule is Cc1cc(N=Nc2c(S(=O)(=O)O)cc3ccc(N)cc3c2O)c(OCCO)cc1N=Nc1cc(C(=O)O)cc(C(=O)O)c1. The van der Waals surface area contributed by atoms with E-state index in [1.807, 2.05) is 0 Å². The zero-order chi connectivity index (χ0) is 31.5. The van der Waals surface area contributed by atoms with Crippen LogP contribution < -0.4 is 10.5 Å². The number of fused-ring (bicyclic) bond motifs is 1. The van der Waals surface area contributed by atoms with Gasteiger partial charge in [-0.1, -0.05) is 6.07 Å². The molecule has 4 aromatic rings. The Balaban J connectivity index is 1.80. The molecule has 0 heterocycles. The lowest BCUT2D eigenvalue weighted by Gasteiger charge is -2.11. The Morgan fingerprint density at radius 1 is 0.884 bits per heavy atom. The van der Waals surface area contributed by atoms with Crippen LogP contribution in [-0.4, -0.2) is 58.5 Å². The van der Waals surface area contributed by atoms with Gasteiger partial charge in [-0.3, -0.25) is 4.55 Å². The molecule has 0 saturated carbocycles. The van der Waals surface area contributed by atoms with Crippen molar-refractivity contribution in [2.45, 2.75) is 11.8 Å². The number of aromatic carboxylic acids is 2. The van der Waals surface area contributed by atoms with E-state index >= 15 is 0 Å². The number of anilines is 1. The predicted octanol–water partition coefficient (Wildman–Crippen LogP) is 5.28. The molecular formula is C27H23N5O10S. The fourth-order valence-corrected chi connectivity index (χ4v) is 4.56. The van der Waals surface area contributed by atoms with Gasteiger partial charge in [0.2, 0.25) is 0 Å². The van der Waals surface area contributed by atoms with Crippen LogP contribution >= 0.6 is 0 Å². The van der Waals surface area contributed by atoms with E-state index in [0.29, 0.717) is 5.56 Å². The molecule has 0 unspecified atom stereocenters. The second-order valence-electron chi connectivity index (χ2n) is 8.98. The number of ether oxygens (including phenoxy) is 1. The summed E-state index contributed by atoms with van der Waals surface area (Å²) < 4.78 is 39.6. The third-order valence-corrected chi connectivity index (χ3v) is 6.79. The highest BCUT2D eigenvalue weighted by Crippen LogP contribution is 2.43. The number of aliphatic hydroxyl groups is 1. The number of hydrogen-bond acceptors (Lipinski definition) is 12. The number of carboxylic acids is 2. The lowest BCUT2D eigenvalue weighted by Crippen LogP contribution is -2.02. The van der Waals surface area contributed by atoms with E-state index < -0.39 is 38.4 Å². The third kappa shape index (κ3) is 6.89. The summed E-state index contributed by atoms with van der Waals surface area (Å²) in [6.07, 6.45) is 0. The summed E-state index contributed by atoms with van der Waals surface area (Å²) in [6.45, 7) is 1.02. The van der Waals surface area contributed by atoms with Gasteiger partial charge >= 0.3 is 11.9 Å². The third-order valence-electron chi connectivity index (χ3n) is 5.92. The Morgan fingerprint density at radius 2 is 1.53 bits per heavy atom. The highest BCUT2D eigenvalue weighted by atomic mass is 32.2. The minimum absolute atomic E-state index is 0.000732. The van der Waals surface area contributed by atoms with Gasteiger partial charge in [-0.25, -0.2) is 9.59 Å². The Labute approximate surface area is 243 Å². The van der Waals surface area contributed by atoms with E-state index in [4.69, 9.17) is 10.5 Å². The van der Waals surface area contributed by atoms with Crippen LogP contribution in [0.25, 0.3) is 10.8 Å². The van der Waals surface area contributed by atoms with Gasteiger partial charge in [-0.15, -0.1) is 10.2 Å². The number of benzene rings is 4. The number of phenolic OH excluding ortho intramolecular Hbond substituents is 1. The number of aliphatic hydroxyl groups excluding tert-OH is 1. The van der Waals surface area contributed by atoms with Gasteiger partial charge in [0, 0.05) is 17.1 Å². The second kappa shape index (κ2) is 12.2. The van der Waals surface area contributed by atoms with Crippen molar-refractivity contribution in [1.29, 1.82) is 0 Å². The number of aryl methyl sites for hydroxylation is 1. The van der Waals surface area contributed by atoms with Crippen molar-refractivity contribution in [3.05, 3.63) is 71.3 Å². The average Bonchev–Trinajstić information content (AvgIpc) is 2.94. The molecule has 0 radical (unpaired) electrons. The first-order valence-corrected chi connectivity index (χ1v) is 13.6. The molecule has 4 rings (SSSR count). The van der Waals surface area contributed by atoms with E-state index in [-0.39, 0.29) is 63.6 Å². The van der Waals surface area contributed by atoms with Crippen LogP contribution in [0.4, 0.5) is 28.4 Å². The molecule has 0 aliphatic carbocycles. The number of carboxylic acid groups (broad SMARTS) is 2. The molecule has 0 saturated heterocycles. The molecule has 0 bridgehead atoms. The Kier molecular flexibility index (Phi) is 8.65. The Morgan fingerprint density at radius 3 is 2.14 bits per heavy atom. The number of nitrogens with zero attached hydrogens (tertiary/aromatic N) is 4. The van der Waals surface area contributed by atoms with Crippen molar-refractivity contribution >= 4 is 61.3 Å². The van der Waals surface area contributed by atoms with Crippen LogP contribution in [0.2, 0.25) is 0 Å². The summed E-state index contributed by atoms with van der Waals surface area (Å²) in [5.41, 5.74) is 5.46. The molecule has 16 heteroatoms. The molecule has 4 aromatic carbocycles. The summed E-state index contributed by atoms with van der Waals surface area (Å²) >= 11 is 0. The van der Waals surface area contributed by atoms with Crippen LogP contribution in [0.15, 0.2) is 79.9 Å². The molecular weight excluding hydrogens is 586 g/mol. The minimum atomic E-state index is -4.86. The monoisotopic (exact) mass is 609 g/mol. The summed E-state index contributed by atoms with van der Waals surface area (Å²) in [7, 11) is -4.86. The molecule has 7 N–H and O–H groups in total. The lowest BCUT2D eigenvalue weighted by molar-refractivity contribution is 0.0696. The van der Waals surface area contributed by atoms with E-state index in [1.165, 1.54) is 30.3 Å². The number of rotatable bonds is 10. The topological polar surface area (TPSA) is 254 Å². The van der Waals surface area contributed by atoms with Gasteiger partial charge in [0.1, 0.15) is 28.6 Å². The molecule has 0 spiro atoms. The van der Waals surface area contributed by atoms with Gasteiger partial charge in [0.05, 0.1) is 29.1 Å². The summed E-state index contributed by atoms with van der Waals surface area (Å²) in [5, 5.41) is 55.0. The van der Waals surface area contributed by atoms with Crippen LogP contribution in [0, 0.1) is 6.92 Å². The van der Waals surface area contributed by atoms with Crippen LogP contribution in [0.1, 0.15) is 26.3 Å². The van der Waals surface area contributed by atoms with E-state index in [2.05, 4.69) is 20.5 Å². The normalized spacial score (nSPS) is 11.9. The van der Waals surface area contributed by atoms with Crippen molar-refractivity contribution < 1.29 is 47.7 Å². The molecule has 0 aliphatic heterocycles. The molecule has 0 aromatic heterocycles. The highest BCUT2D eigenvalue weighted by Gasteiger charge is 2.22. The Hall–Kier alpha value is -5.45. The molecule has 0 atom stereocenters. The maximum atomic E-state index is 12.1. The van der Waals surface area contributed by atoms with Crippen molar-refractivity contribution in [2.75, 3.05) is 18.9 Å². The molecule has 0 fully saturated rings. The van der Waals surface area contributed by atoms with E-state index in [0.717, 1.165) is 24.3 Å². The fraction of sp³-hybridized carbons (Fsp3) is 0.111. The summed E-state index contributed by atoms with van der Waals surface area (Å²) in [5.74, 6) is -3.32. The van der Waals surface area contributed by atoms with Crippen LogP contribution in [0.3, 0.4) is 0 Å². The lowest BCUT2D eigenvalue weighted by atomic mass is 10.1. The minimum Gasteiger partial charge on any atom is -0.505 e. The molecule has 15 nitrogen and oxygen atoms in total. The number of carbonyl (C=O) groups is 2. The first-order chi connectivity index (χ1) is 20.3. The predicted molar refractivity (Wildman–Crippen MR) is 152 cm³/mol. The van der Waals surface area contributed by atoms with Crippen molar-refractivity contribution in [2.24, 2.45) is 20.5 Å². The number of aromatic hydroxyl groups is 1. The Bertz CT molecular complexity index is 1910. The summed E-state index contributed by atoms with van der Waals surface area (Å²) in [6, 6.07) is 11.5. The maximum Gasteiger partial charge on any atom is 0.335 e. The van der Waals surface area contributed by atoms with E-state index in [1.54, 1.807) is 6.92 Å². The number of nitrogen functional groups attached to an aromatic ring is 1. The largest absolute Gasteiger partial charge is 0.505 e. The average molecular weight is 610 g/mol. The zero-order valence-corrected chi connectivity index (χ0v) is 23.0. The first kappa shape index (κ1) is 30.5. The highest BCUT2D eigenvalue weighted by molar-refractivity contribution is 7.86. The molecule has 0 aliphatic rings. The van der Waals surface area contributed by atoms with E-state index in [9.17, 15) is 43.0 Å². The quantitative estimate of drug-likeness (QED) is 0.0765. The maximum absolute atomic E-state index is 12.1. The summed E-state index contributed by atoms with van der Waals surface area (Å²) in [4.78, 5) is 22.1. The number of phenols is 1. The van der Waals surface area contributed by atoms with Crippen molar-refractivity contribution in [3.63, 3.8) is 0 Å². The van der Waals surface area contributed by atoms with Gasteiger partial charge in [0.15, 0.2) is 5.75 Å². The first-order valence-electron chi connectivity index (χ1n) is 12.1. The number of nitrogens with two attached hydrogens (primary N) is 1. The molecule has 43 heavy (non-hydrogen) atoms. The fourth-order valence-electron chi connectivity index (χ4n) is 3.90. The van der Waals surface area contributed by atoms with Crippen LogP contribution in [0.5, 0.6) is 11.5 Å². The van der Waals surface area contributed by atoms with Crippen molar-refractivity contribution in [1.82, 2.24) is 0 Å². The van der Waals surface area contributed by atoms with Gasteiger partial charge in [0.25, 0.3) is 10.1 Å². The molecule has 222 valence electrons.